The number of hydrogen-bond acceptors (Lipinski definition) is 5. The zero-order valence-electron chi connectivity index (χ0n) is 15.3. The first-order chi connectivity index (χ1) is 14.0. The first-order valence-corrected chi connectivity index (χ1v) is 9.10. The van der Waals surface area contributed by atoms with Crippen molar-refractivity contribution in [1.29, 1.82) is 0 Å². The number of nitrogens with zero attached hydrogens (tertiary/aromatic N) is 1. The van der Waals surface area contributed by atoms with Gasteiger partial charge in [-0.05, 0) is 31.0 Å². The number of anilines is 1. The van der Waals surface area contributed by atoms with Crippen LogP contribution in [0.1, 0.15) is 39.1 Å². The summed E-state index contributed by atoms with van der Waals surface area (Å²) in [7, 11) is 0. The van der Waals surface area contributed by atoms with E-state index in [0.29, 0.717) is 29.9 Å². The molecule has 9 heteroatoms. The number of nitrogens with one attached hydrogen (secondary N) is 2. The molecule has 1 amide bonds. The van der Waals surface area contributed by atoms with Crippen LogP contribution < -0.4 is 11.1 Å². The topological polar surface area (TPSA) is 110 Å². The zero-order valence-corrected chi connectivity index (χ0v) is 15.3. The summed E-state index contributed by atoms with van der Waals surface area (Å²) in [6.07, 6.45) is 4.51. The number of pyridine rings is 1. The molecule has 3 aromatic rings. The average molecular weight is 400 g/mol. The van der Waals surface area contributed by atoms with Crippen LogP contribution in [0.15, 0.2) is 30.6 Å². The van der Waals surface area contributed by atoms with E-state index in [9.17, 15) is 18.4 Å². The smallest absolute Gasteiger partial charge is 0.251 e. The third-order valence-electron chi connectivity index (χ3n) is 4.98. The number of carbonyl (C=O) groups is 2. The van der Waals surface area contributed by atoms with Crippen LogP contribution >= 0.6 is 0 Å². The molecular weight excluding hydrogens is 382 g/mol. The summed E-state index contributed by atoms with van der Waals surface area (Å²) in [6.45, 7) is 1.25. The van der Waals surface area contributed by atoms with Gasteiger partial charge in [0.05, 0.1) is 22.1 Å². The first-order valence-electron chi connectivity index (χ1n) is 9.10. The van der Waals surface area contributed by atoms with Crippen molar-refractivity contribution in [2.75, 3.05) is 18.5 Å². The number of benzene rings is 1. The molecular formula is C20H18F2N4O3. The van der Waals surface area contributed by atoms with Gasteiger partial charge in [-0.2, -0.15) is 0 Å². The summed E-state index contributed by atoms with van der Waals surface area (Å²) >= 11 is 0. The lowest BCUT2D eigenvalue weighted by Gasteiger charge is -2.24. The molecule has 4 N–H and O–H groups in total. The molecule has 0 spiro atoms. The lowest BCUT2D eigenvalue weighted by atomic mass is 9.98. The second-order valence-corrected chi connectivity index (χ2v) is 6.79. The predicted molar refractivity (Wildman–Crippen MR) is 102 cm³/mol. The Balaban J connectivity index is 1.80. The molecule has 150 valence electrons. The Morgan fingerprint density at radius 1 is 1.17 bits per heavy atom. The molecule has 0 aliphatic carbocycles. The largest absolute Gasteiger partial charge is 0.381 e. The summed E-state index contributed by atoms with van der Waals surface area (Å²) in [5, 5.41) is 3.79. The van der Waals surface area contributed by atoms with Crippen LogP contribution in [0.2, 0.25) is 0 Å². The van der Waals surface area contributed by atoms with Gasteiger partial charge in [0, 0.05) is 37.3 Å². The Hall–Kier alpha value is -3.33. The number of halogens is 2. The highest BCUT2D eigenvalue weighted by molar-refractivity contribution is 6.19. The summed E-state index contributed by atoms with van der Waals surface area (Å²) < 4.78 is 34.4. The van der Waals surface area contributed by atoms with E-state index >= 15 is 0 Å². The highest BCUT2D eigenvalue weighted by Gasteiger charge is 2.27. The monoisotopic (exact) mass is 400 g/mol. The minimum Gasteiger partial charge on any atom is -0.381 e. The molecule has 1 aliphatic rings. The van der Waals surface area contributed by atoms with E-state index < -0.39 is 34.5 Å². The molecule has 1 aromatic carbocycles. The van der Waals surface area contributed by atoms with Crippen molar-refractivity contribution >= 4 is 28.4 Å². The normalized spacial score (nSPS) is 14.8. The van der Waals surface area contributed by atoms with Gasteiger partial charge in [0.15, 0.2) is 0 Å². The molecule has 2 aromatic heterocycles. The summed E-state index contributed by atoms with van der Waals surface area (Å²) in [6, 6.07) is 3.61. The fourth-order valence-corrected chi connectivity index (χ4v) is 3.50. The maximum Gasteiger partial charge on any atom is 0.251 e. The molecule has 7 nitrogen and oxygen atoms in total. The van der Waals surface area contributed by atoms with Crippen molar-refractivity contribution in [3.05, 3.63) is 58.9 Å². The number of aromatic amines is 1. The Bertz CT molecular complexity index is 1110. The molecule has 1 saturated heterocycles. The number of H-pyrrole nitrogens is 1. The molecule has 1 aliphatic heterocycles. The van der Waals surface area contributed by atoms with Crippen LogP contribution in [0.3, 0.4) is 0 Å². The number of aromatic nitrogens is 2. The van der Waals surface area contributed by atoms with E-state index in [-0.39, 0.29) is 11.6 Å². The molecule has 4 rings (SSSR count). The Morgan fingerprint density at radius 2 is 1.93 bits per heavy atom. The zero-order chi connectivity index (χ0) is 20.5. The Kier molecular flexibility index (Phi) is 4.98. The van der Waals surface area contributed by atoms with Gasteiger partial charge in [-0.3, -0.25) is 9.59 Å². The number of ketones is 1. The minimum absolute atomic E-state index is 0.0436. The molecule has 0 saturated carbocycles. The van der Waals surface area contributed by atoms with Crippen molar-refractivity contribution in [1.82, 2.24) is 9.97 Å². The number of primary amides is 1. The molecule has 3 heterocycles. The molecule has 0 bridgehead atoms. The quantitative estimate of drug-likeness (QED) is 0.571. The number of fused-ring (bicyclic) bond motifs is 1. The highest BCUT2D eigenvalue weighted by Crippen LogP contribution is 2.30. The summed E-state index contributed by atoms with van der Waals surface area (Å²) in [5.74, 6) is -4.34. The molecule has 0 unspecified atom stereocenters. The van der Waals surface area contributed by atoms with Gasteiger partial charge in [0.1, 0.15) is 17.3 Å². The second kappa shape index (κ2) is 7.59. The predicted octanol–water partition coefficient (Wildman–Crippen LogP) is 2.76. The third-order valence-corrected chi connectivity index (χ3v) is 4.98. The van der Waals surface area contributed by atoms with Crippen LogP contribution in [0, 0.1) is 11.6 Å². The Morgan fingerprint density at radius 3 is 2.66 bits per heavy atom. The van der Waals surface area contributed by atoms with E-state index in [2.05, 4.69) is 15.3 Å². The molecule has 0 radical (unpaired) electrons. The second-order valence-electron chi connectivity index (χ2n) is 6.79. The van der Waals surface area contributed by atoms with E-state index in [1.165, 1.54) is 6.20 Å². The van der Waals surface area contributed by atoms with Crippen LogP contribution in [0.4, 0.5) is 14.5 Å². The fraction of sp³-hybridized carbons (Fsp3) is 0.250. The number of amides is 1. The van der Waals surface area contributed by atoms with Gasteiger partial charge < -0.3 is 20.8 Å². The SMILES string of the molecule is NC(=O)c1ccc(F)c(C(=O)c2c[nH]c3nccc(NC4CCOCC4)c23)c1F. The molecule has 29 heavy (non-hydrogen) atoms. The van der Waals surface area contributed by atoms with Gasteiger partial charge in [-0.25, -0.2) is 13.8 Å². The van der Waals surface area contributed by atoms with Crippen molar-refractivity contribution < 1.29 is 23.1 Å². The Labute approximate surface area is 164 Å². The average Bonchev–Trinajstić information content (AvgIpc) is 3.14. The lowest BCUT2D eigenvalue weighted by molar-refractivity contribution is 0.0904. The standard InChI is InChI=1S/C20H18F2N4O3/c21-13-2-1-11(19(23)28)17(22)16(13)18(27)12-9-25-20-15(12)14(3-6-24-20)26-10-4-7-29-8-5-10/h1-3,6,9-10H,4-5,7-8H2,(H2,23,28)(H2,24,25,26). The number of nitrogens with two attached hydrogens (primary N) is 1. The third kappa shape index (κ3) is 3.44. The molecule has 0 atom stereocenters. The maximum atomic E-state index is 14.7. The van der Waals surface area contributed by atoms with Crippen LogP contribution in [-0.2, 0) is 4.74 Å². The number of ether oxygens (including phenoxy) is 1. The van der Waals surface area contributed by atoms with Gasteiger partial charge >= 0.3 is 0 Å². The van der Waals surface area contributed by atoms with Crippen molar-refractivity contribution in [3.8, 4) is 0 Å². The van der Waals surface area contributed by atoms with Crippen LogP contribution in [0.25, 0.3) is 11.0 Å². The van der Waals surface area contributed by atoms with Crippen molar-refractivity contribution in [2.45, 2.75) is 18.9 Å². The van der Waals surface area contributed by atoms with Gasteiger partial charge in [-0.1, -0.05) is 0 Å². The number of rotatable bonds is 5. The lowest BCUT2D eigenvalue weighted by Crippen LogP contribution is -2.28. The summed E-state index contributed by atoms with van der Waals surface area (Å²) in [5.41, 5.74) is 4.81. The highest BCUT2D eigenvalue weighted by atomic mass is 19.1. The number of hydrogen-bond donors (Lipinski definition) is 3. The fourth-order valence-electron chi connectivity index (χ4n) is 3.50. The first kappa shape index (κ1) is 19.0. The molecule has 1 fully saturated rings. The van der Waals surface area contributed by atoms with E-state index in [0.717, 1.165) is 25.0 Å². The number of carbonyl (C=O) groups excluding carboxylic acids is 2. The summed E-state index contributed by atoms with van der Waals surface area (Å²) in [4.78, 5) is 31.5. The maximum absolute atomic E-state index is 14.7. The van der Waals surface area contributed by atoms with Gasteiger partial charge in [-0.15, -0.1) is 0 Å². The van der Waals surface area contributed by atoms with Gasteiger partial charge in [0.2, 0.25) is 5.78 Å². The van der Waals surface area contributed by atoms with E-state index in [4.69, 9.17) is 10.5 Å². The van der Waals surface area contributed by atoms with E-state index in [1.807, 2.05) is 0 Å². The van der Waals surface area contributed by atoms with Crippen LogP contribution in [-0.4, -0.2) is 40.9 Å². The van der Waals surface area contributed by atoms with Crippen LogP contribution in [0.5, 0.6) is 0 Å². The van der Waals surface area contributed by atoms with E-state index in [1.54, 1.807) is 12.3 Å². The van der Waals surface area contributed by atoms with Crippen molar-refractivity contribution in [3.63, 3.8) is 0 Å². The van der Waals surface area contributed by atoms with Gasteiger partial charge in [0.25, 0.3) is 5.91 Å². The van der Waals surface area contributed by atoms with Crippen molar-refractivity contribution in [2.24, 2.45) is 5.73 Å². The minimum atomic E-state index is -1.28.